The Morgan fingerprint density at radius 1 is 1.58 bits per heavy atom. The van der Waals surface area contributed by atoms with Crippen LogP contribution in [0.2, 0.25) is 0 Å². The normalized spacial score (nSPS) is 28.9. The van der Waals surface area contributed by atoms with Crippen molar-refractivity contribution in [1.29, 1.82) is 0 Å². The van der Waals surface area contributed by atoms with Crippen LogP contribution in [-0.4, -0.2) is 6.29 Å². The van der Waals surface area contributed by atoms with E-state index < -0.39 is 0 Å². The maximum Gasteiger partial charge on any atom is 0.145 e. The highest BCUT2D eigenvalue weighted by atomic mass is 16.1. The van der Waals surface area contributed by atoms with Gasteiger partial charge in [0.25, 0.3) is 0 Å². The fourth-order valence-corrected chi connectivity index (χ4v) is 1.77. The predicted molar refractivity (Wildman–Crippen MR) is 50.9 cm³/mol. The minimum Gasteiger partial charge on any atom is -0.298 e. The lowest BCUT2D eigenvalue weighted by molar-refractivity contribution is -0.105. The molecule has 0 fully saturated rings. The number of hydrogen-bond acceptors (Lipinski definition) is 1. The van der Waals surface area contributed by atoms with Crippen LogP contribution in [0.4, 0.5) is 0 Å². The van der Waals surface area contributed by atoms with E-state index in [4.69, 9.17) is 0 Å². The summed E-state index contributed by atoms with van der Waals surface area (Å²) in [5, 5.41) is 0. The molecule has 0 radical (unpaired) electrons. The highest BCUT2D eigenvalue weighted by Gasteiger charge is 2.25. The fourth-order valence-electron chi connectivity index (χ4n) is 1.77. The van der Waals surface area contributed by atoms with Crippen molar-refractivity contribution in [2.24, 2.45) is 11.3 Å². The average molecular weight is 166 g/mol. The summed E-state index contributed by atoms with van der Waals surface area (Å²) in [4.78, 5) is 10.6. The van der Waals surface area contributed by atoms with E-state index >= 15 is 0 Å². The van der Waals surface area contributed by atoms with Gasteiger partial charge in [-0.2, -0.15) is 0 Å². The van der Waals surface area contributed by atoms with Crippen LogP contribution in [-0.2, 0) is 4.79 Å². The van der Waals surface area contributed by atoms with Crippen LogP contribution in [0.3, 0.4) is 0 Å². The van der Waals surface area contributed by atoms with Crippen molar-refractivity contribution in [2.45, 2.75) is 40.0 Å². The summed E-state index contributed by atoms with van der Waals surface area (Å²) >= 11 is 0. The van der Waals surface area contributed by atoms with Gasteiger partial charge in [-0.05, 0) is 36.2 Å². The van der Waals surface area contributed by atoms with Gasteiger partial charge in [-0.1, -0.05) is 26.8 Å². The summed E-state index contributed by atoms with van der Waals surface area (Å²) in [5.41, 5.74) is 1.19. The predicted octanol–water partition coefficient (Wildman–Crippen LogP) is 2.96. The lowest BCUT2D eigenvalue weighted by Gasteiger charge is -2.27. The molecule has 0 saturated carbocycles. The fraction of sp³-hybridized carbons (Fsp3) is 0.727. The molecule has 12 heavy (non-hydrogen) atoms. The first kappa shape index (κ1) is 9.50. The van der Waals surface area contributed by atoms with Crippen LogP contribution in [0.5, 0.6) is 0 Å². The van der Waals surface area contributed by atoms with E-state index in [2.05, 4.69) is 26.8 Å². The maximum absolute atomic E-state index is 10.6. The molecule has 0 aromatic carbocycles. The highest BCUT2D eigenvalue weighted by molar-refractivity contribution is 5.73. The van der Waals surface area contributed by atoms with E-state index in [9.17, 15) is 4.79 Å². The molecule has 68 valence electrons. The molecule has 1 unspecified atom stereocenters. The molecule has 1 atom stereocenters. The summed E-state index contributed by atoms with van der Waals surface area (Å²) in [7, 11) is 0. The Hall–Kier alpha value is -0.590. The molecule has 0 heterocycles. The van der Waals surface area contributed by atoms with E-state index in [1.165, 1.54) is 6.42 Å². The summed E-state index contributed by atoms with van der Waals surface area (Å²) in [6.07, 6.45) is 6.53. The minimum absolute atomic E-state index is 0.201. The molecule has 0 spiro atoms. The molecule has 1 heteroatoms. The second-order valence-corrected chi connectivity index (χ2v) is 4.45. The summed E-state index contributed by atoms with van der Waals surface area (Å²) in [6, 6.07) is 0. The van der Waals surface area contributed by atoms with E-state index in [1.807, 2.05) is 0 Å². The Morgan fingerprint density at radius 3 is 2.83 bits per heavy atom. The Bertz CT molecular complexity index is 201. The van der Waals surface area contributed by atoms with Crippen LogP contribution in [0.1, 0.15) is 40.0 Å². The molecular weight excluding hydrogens is 148 g/mol. The van der Waals surface area contributed by atoms with Crippen molar-refractivity contribution in [3.8, 4) is 0 Å². The van der Waals surface area contributed by atoms with Gasteiger partial charge in [-0.3, -0.25) is 4.79 Å². The van der Waals surface area contributed by atoms with Crippen LogP contribution in [0.15, 0.2) is 11.6 Å². The van der Waals surface area contributed by atoms with Gasteiger partial charge < -0.3 is 0 Å². The zero-order chi connectivity index (χ0) is 9.19. The summed E-state index contributed by atoms with van der Waals surface area (Å²) in [6.45, 7) is 6.70. The molecule has 0 saturated heterocycles. The van der Waals surface area contributed by atoms with Crippen LogP contribution in [0.25, 0.3) is 0 Å². The van der Waals surface area contributed by atoms with Crippen LogP contribution < -0.4 is 0 Å². The van der Waals surface area contributed by atoms with Gasteiger partial charge in [-0.25, -0.2) is 0 Å². The SMILES string of the molecule is CC1CCCC(C=O)=CC1(C)C. The third-order valence-electron chi connectivity index (χ3n) is 3.08. The van der Waals surface area contributed by atoms with Gasteiger partial charge in [0.1, 0.15) is 6.29 Å². The standard InChI is InChI=1S/C11H18O/c1-9-5-4-6-10(8-12)7-11(9,2)3/h7-9H,4-6H2,1-3H3. The smallest absolute Gasteiger partial charge is 0.145 e. The Labute approximate surface area is 74.9 Å². The third kappa shape index (κ3) is 1.96. The van der Waals surface area contributed by atoms with E-state index in [0.29, 0.717) is 5.92 Å². The first-order valence-corrected chi connectivity index (χ1v) is 4.73. The summed E-state index contributed by atoms with van der Waals surface area (Å²) in [5.74, 6) is 0.690. The lowest BCUT2D eigenvalue weighted by atomic mass is 9.78. The summed E-state index contributed by atoms with van der Waals surface area (Å²) < 4.78 is 0. The number of rotatable bonds is 1. The average Bonchev–Trinajstić information content (AvgIpc) is 2.12. The van der Waals surface area contributed by atoms with Gasteiger partial charge in [0, 0.05) is 0 Å². The van der Waals surface area contributed by atoms with E-state index in [1.54, 1.807) is 0 Å². The topological polar surface area (TPSA) is 17.1 Å². The number of aldehydes is 1. The van der Waals surface area contributed by atoms with Crippen molar-refractivity contribution in [1.82, 2.24) is 0 Å². The van der Waals surface area contributed by atoms with Crippen LogP contribution >= 0.6 is 0 Å². The molecule has 1 aliphatic rings. The number of carbonyl (C=O) groups excluding carboxylic acids is 1. The molecule has 0 aromatic heterocycles. The molecule has 1 nitrogen and oxygen atoms in total. The molecule has 0 bridgehead atoms. The lowest BCUT2D eigenvalue weighted by Crippen LogP contribution is -2.17. The van der Waals surface area contributed by atoms with Gasteiger partial charge in [0.2, 0.25) is 0 Å². The van der Waals surface area contributed by atoms with Crippen molar-refractivity contribution < 1.29 is 4.79 Å². The minimum atomic E-state index is 0.201. The van der Waals surface area contributed by atoms with Crippen molar-refractivity contribution in [2.75, 3.05) is 0 Å². The van der Waals surface area contributed by atoms with E-state index in [0.717, 1.165) is 24.7 Å². The van der Waals surface area contributed by atoms with Crippen molar-refractivity contribution in [3.05, 3.63) is 11.6 Å². The van der Waals surface area contributed by atoms with Crippen LogP contribution in [0, 0.1) is 11.3 Å². The zero-order valence-electron chi connectivity index (χ0n) is 8.26. The molecule has 0 N–H and O–H groups in total. The Morgan fingerprint density at radius 2 is 2.25 bits per heavy atom. The highest BCUT2D eigenvalue weighted by Crippen LogP contribution is 2.36. The van der Waals surface area contributed by atoms with E-state index in [-0.39, 0.29) is 5.41 Å². The van der Waals surface area contributed by atoms with Crippen molar-refractivity contribution in [3.63, 3.8) is 0 Å². The maximum atomic E-state index is 10.6. The number of allylic oxidation sites excluding steroid dienone is 2. The van der Waals surface area contributed by atoms with Gasteiger partial charge in [0.15, 0.2) is 0 Å². The first-order valence-electron chi connectivity index (χ1n) is 4.73. The Kier molecular flexibility index (Phi) is 2.71. The van der Waals surface area contributed by atoms with Gasteiger partial charge in [-0.15, -0.1) is 0 Å². The Balaban J connectivity index is 2.86. The van der Waals surface area contributed by atoms with Gasteiger partial charge in [0.05, 0.1) is 0 Å². The quantitative estimate of drug-likeness (QED) is 0.547. The second-order valence-electron chi connectivity index (χ2n) is 4.45. The molecule has 1 aliphatic carbocycles. The van der Waals surface area contributed by atoms with Gasteiger partial charge >= 0.3 is 0 Å². The zero-order valence-corrected chi connectivity index (χ0v) is 8.26. The first-order chi connectivity index (χ1) is 5.56. The molecule has 1 rings (SSSR count). The molecular formula is C11H18O. The monoisotopic (exact) mass is 166 g/mol. The number of carbonyl (C=O) groups is 1. The number of hydrogen-bond donors (Lipinski definition) is 0. The third-order valence-corrected chi connectivity index (χ3v) is 3.08. The largest absolute Gasteiger partial charge is 0.298 e. The molecule has 0 aliphatic heterocycles. The second kappa shape index (κ2) is 3.42. The molecule has 0 aromatic rings. The van der Waals surface area contributed by atoms with Crippen molar-refractivity contribution >= 4 is 6.29 Å². The molecule has 0 amide bonds.